The number of nitrogens with zero attached hydrogens (tertiary/aromatic N) is 1. The number of carbonyl (C=O) groups excluding carboxylic acids is 1. The number of rotatable bonds is 0. The number of aromatic hydroxyl groups is 1. The molecule has 0 aliphatic carbocycles. The molecule has 1 heterocycles. The maximum Gasteiger partial charge on any atom is 0.223 e. The van der Waals surface area contributed by atoms with Gasteiger partial charge >= 0.3 is 0 Å². The van der Waals surface area contributed by atoms with Crippen molar-refractivity contribution >= 4 is 22.4 Å². The van der Waals surface area contributed by atoms with Gasteiger partial charge in [0.05, 0.1) is 5.69 Å². The molecule has 0 saturated carbocycles. The van der Waals surface area contributed by atoms with E-state index in [1.54, 1.807) is 17.9 Å². The average molecular weight is 241 g/mol. The largest absolute Gasteiger partial charge is 0.507 e. The molecule has 0 spiro atoms. The molecule has 3 rings (SSSR count). The Morgan fingerprint density at radius 3 is 2.89 bits per heavy atom. The molecule has 0 unspecified atom stereocenters. The van der Waals surface area contributed by atoms with Crippen LogP contribution in [0.15, 0.2) is 24.3 Å². The first-order valence-corrected chi connectivity index (χ1v) is 6.12. The van der Waals surface area contributed by atoms with Gasteiger partial charge < -0.3 is 10.0 Å². The highest BCUT2D eigenvalue weighted by Crippen LogP contribution is 2.40. The molecule has 92 valence electrons. The Kier molecular flexibility index (Phi) is 2.30. The minimum atomic E-state index is 0.0288. The van der Waals surface area contributed by atoms with E-state index in [9.17, 15) is 9.90 Å². The van der Waals surface area contributed by atoms with Crippen LogP contribution >= 0.6 is 0 Å². The molecule has 1 aliphatic heterocycles. The Hall–Kier alpha value is -2.03. The van der Waals surface area contributed by atoms with Crippen LogP contribution in [0.2, 0.25) is 0 Å². The van der Waals surface area contributed by atoms with Crippen molar-refractivity contribution in [2.75, 3.05) is 11.4 Å². The predicted octanol–water partition coefficient (Wildman–Crippen LogP) is 2.76. The summed E-state index contributed by atoms with van der Waals surface area (Å²) in [5.74, 6) is 0.279. The van der Waals surface area contributed by atoms with Crippen LogP contribution < -0.4 is 4.90 Å². The van der Waals surface area contributed by atoms with Gasteiger partial charge in [0.25, 0.3) is 0 Å². The van der Waals surface area contributed by atoms with Crippen molar-refractivity contribution in [1.82, 2.24) is 0 Å². The Balaban J connectivity index is 2.38. The number of benzene rings is 2. The van der Waals surface area contributed by atoms with Crippen LogP contribution in [0.1, 0.15) is 18.1 Å². The molecule has 0 saturated heterocycles. The Morgan fingerprint density at radius 2 is 2.17 bits per heavy atom. The van der Waals surface area contributed by atoms with Crippen molar-refractivity contribution in [1.29, 1.82) is 0 Å². The van der Waals surface area contributed by atoms with E-state index in [0.717, 1.165) is 28.4 Å². The lowest BCUT2D eigenvalue weighted by molar-refractivity contribution is -0.116. The fourth-order valence-electron chi connectivity index (χ4n) is 2.87. The normalized spacial score (nSPS) is 14.0. The first-order valence-electron chi connectivity index (χ1n) is 6.12. The average Bonchev–Trinajstić information content (AvgIpc) is 2.73. The van der Waals surface area contributed by atoms with Crippen molar-refractivity contribution in [3.63, 3.8) is 0 Å². The van der Waals surface area contributed by atoms with Gasteiger partial charge in [0.2, 0.25) is 5.91 Å². The second-order valence-electron chi connectivity index (χ2n) is 4.81. The molecule has 0 atom stereocenters. The van der Waals surface area contributed by atoms with Gasteiger partial charge in [0.1, 0.15) is 5.75 Å². The maximum absolute atomic E-state index is 11.6. The highest BCUT2D eigenvalue weighted by molar-refractivity contribution is 6.03. The van der Waals surface area contributed by atoms with Crippen LogP contribution in [0, 0.1) is 6.92 Å². The summed E-state index contributed by atoms with van der Waals surface area (Å²) in [6.45, 7) is 4.31. The van der Waals surface area contributed by atoms with Gasteiger partial charge in [0, 0.05) is 24.9 Å². The smallest absolute Gasteiger partial charge is 0.223 e. The quantitative estimate of drug-likeness (QED) is 0.770. The van der Waals surface area contributed by atoms with Crippen LogP contribution in [0.3, 0.4) is 0 Å². The molecule has 3 heteroatoms. The lowest BCUT2D eigenvalue weighted by atomic mass is 9.97. The number of anilines is 1. The SMILES string of the molecule is CC(=O)N1CCc2c1cc(O)c1cccc(C)c21. The molecule has 2 aromatic rings. The van der Waals surface area contributed by atoms with E-state index in [4.69, 9.17) is 0 Å². The molecule has 0 radical (unpaired) electrons. The second kappa shape index (κ2) is 3.73. The summed E-state index contributed by atoms with van der Waals surface area (Å²) >= 11 is 0. The van der Waals surface area contributed by atoms with Gasteiger partial charge in [-0.15, -0.1) is 0 Å². The summed E-state index contributed by atoms with van der Waals surface area (Å²) in [4.78, 5) is 13.3. The highest BCUT2D eigenvalue weighted by atomic mass is 16.3. The molecule has 1 amide bonds. The topological polar surface area (TPSA) is 40.5 Å². The van der Waals surface area contributed by atoms with Crippen molar-refractivity contribution in [2.24, 2.45) is 0 Å². The van der Waals surface area contributed by atoms with Gasteiger partial charge in [-0.05, 0) is 29.9 Å². The lowest BCUT2D eigenvalue weighted by Gasteiger charge is -2.16. The number of phenols is 1. The van der Waals surface area contributed by atoms with E-state index in [2.05, 4.69) is 0 Å². The van der Waals surface area contributed by atoms with Gasteiger partial charge in [-0.3, -0.25) is 4.79 Å². The number of amides is 1. The van der Waals surface area contributed by atoms with Crippen LogP contribution in [0.5, 0.6) is 5.75 Å². The van der Waals surface area contributed by atoms with E-state index in [0.29, 0.717) is 6.54 Å². The number of aryl methyl sites for hydroxylation is 1. The second-order valence-corrected chi connectivity index (χ2v) is 4.81. The van der Waals surface area contributed by atoms with Gasteiger partial charge in [-0.25, -0.2) is 0 Å². The lowest BCUT2D eigenvalue weighted by Crippen LogP contribution is -2.25. The summed E-state index contributed by atoms with van der Waals surface area (Å²) in [5, 5.41) is 12.1. The van der Waals surface area contributed by atoms with Crippen LogP contribution in [-0.4, -0.2) is 17.6 Å². The molecule has 1 aliphatic rings. The molecule has 0 aromatic heterocycles. The van der Waals surface area contributed by atoms with Crippen molar-refractivity contribution < 1.29 is 9.90 Å². The van der Waals surface area contributed by atoms with Crippen molar-refractivity contribution in [3.05, 3.63) is 35.4 Å². The standard InChI is InChI=1S/C15H15NO2/c1-9-4-3-5-12-14(18)8-13-11(15(9)12)6-7-16(13)10(2)17/h3-5,8,18H,6-7H2,1-2H3. The van der Waals surface area contributed by atoms with Crippen LogP contribution in [0.4, 0.5) is 5.69 Å². The Labute approximate surface area is 106 Å². The molecule has 3 nitrogen and oxygen atoms in total. The summed E-state index contributed by atoms with van der Waals surface area (Å²) in [7, 11) is 0. The molecular formula is C15H15NO2. The minimum Gasteiger partial charge on any atom is -0.507 e. The highest BCUT2D eigenvalue weighted by Gasteiger charge is 2.25. The monoisotopic (exact) mass is 241 g/mol. The van der Waals surface area contributed by atoms with E-state index in [-0.39, 0.29) is 11.7 Å². The van der Waals surface area contributed by atoms with Gasteiger partial charge in [0.15, 0.2) is 0 Å². The molecular weight excluding hydrogens is 226 g/mol. The third-order valence-corrected chi connectivity index (χ3v) is 3.69. The van der Waals surface area contributed by atoms with E-state index < -0.39 is 0 Å². The molecule has 18 heavy (non-hydrogen) atoms. The fraction of sp³-hybridized carbons (Fsp3) is 0.267. The van der Waals surface area contributed by atoms with Gasteiger partial charge in [-0.2, -0.15) is 0 Å². The van der Waals surface area contributed by atoms with E-state index in [1.807, 2.05) is 25.1 Å². The predicted molar refractivity (Wildman–Crippen MR) is 72.1 cm³/mol. The van der Waals surface area contributed by atoms with Crippen LogP contribution in [-0.2, 0) is 11.2 Å². The summed E-state index contributed by atoms with van der Waals surface area (Å²) in [6, 6.07) is 7.62. The van der Waals surface area contributed by atoms with Crippen LogP contribution in [0.25, 0.3) is 10.8 Å². The third kappa shape index (κ3) is 1.40. The van der Waals surface area contributed by atoms with E-state index in [1.165, 1.54) is 5.56 Å². The number of phenolic OH excluding ortho intramolecular Hbond substituents is 1. The summed E-state index contributed by atoms with van der Waals surface area (Å²) in [6.07, 6.45) is 0.858. The zero-order valence-electron chi connectivity index (χ0n) is 10.5. The first kappa shape index (κ1) is 11.1. The van der Waals surface area contributed by atoms with E-state index >= 15 is 0 Å². The molecule has 1 N–H and O–H groups in total. The zero-order chi connectivity index (χ0) is 12.9. The number of fused-ring (bicyclic) bond motifs is 3. The number of hydrogen-bond donors (Lipinski definition) is 1. The number of carbonyl (C=O) groups is 1. The van der Waals surface area contributed by atoms with Gasteiger partial charge in [-0.1, -0.05) is 18.2 Å². The number of hydrogen-bond acceptors (Lipinski definition) is 2. The molecule has 0 bridgehead atoms. The molecule has 0 fully saturated rings. The summed E-state index contributed by atoms with van der Waals surface area (Å²) < 4.78 is 0. The summed E-state index contributed by atoms with van der Waals surface area (Å²) in [5.41, 5.74) is 3.18. The minimum absolute atomic E-state index is 0.0288. The third-order valence-electron chi connectivity index (χ3n) is 3.69. The van der Waals surface area contributed by atoms with Crippen molar-refractivity contribution in [2.45, 2.75) is 20.3 Å². The maximum atomic E-state index is 11.6. The van der Waals surface area contributed by atoms with Crippen molar-refractivity contribution in [3.8, 4) is 5.75 Å². The Bertz CT molecular complexity index is 661. The Morgan fingerprint density at radius 1 is 1.39 bits per heavy atom. The zero-order valence-corrected chi connectivity index (χ0v) is 10.5. The molecule has 2 aromatic carbocycles. The fourth-order valence-corrected chi connectivity index (χ4v) is 2.87. The first-order chi connectivity index (χ1) is 8.59.